The smallest absolute Gasteiger partial charge is 0.376 e. The number of likely N-dealkylation sites (N-methyl/N-ethyl adjacent to an activating group) is 1. The highest BCUT2D eigenvalue weighted by Crippen LogP contribution is 1.90. The van der Waals surface area contributed by atoms with Crippen molar-refractivity contribution in [3.63, 3.8) is 0 Å². The van der Waals surface area contributed by atoms with Crippen molar-refractivity contribution in [1.29, 1.82) is 0 Å². The fourth-order valence-corrected chi connectivity index (χ4v) is 1.80. The fraction of sp³-hybridized carbons (Fsp3) is 1.00. The predicted octanol–water partition coefficient (Wildman–Crippen LogP) is -0.0224. The molecular formula is C9H26N2O3Si. The fourth-order valence-electron chi connectivity index (χ4n) is 0.697. The van der Waals surface area contributed by atoms with Gasteiger partial charge in [0.15, 0.2) is 0 Å². The second-order valence-corrected chi connectivity index (χ2v) is 4.12. The number of hydrogen-bond donors (Lipinski definition) is 2. The van der Waals surface area contributed by atoms with Crippen LogP contribution in [0.1, 0.15) is 20.8 Å². The number of nitrogens with one attached hydrogen (secondary N) is 1. The maximum atomic E-state index is 5.22. The summed E-state index contributed by atoms with van der Waals surface area (Å²) in [4.78, 5) is 0. The lowest BCUT2D eigenvalue weighted by molar-refractivity contribution is 0.107. The van der Waals surface area contributed by atoms with Gasteiger partial charge in [0.05, 0.1) is 0 Å². The predicted molar refractivity (Wildman–Crippen MR) is 65.0 cm³/mol. The van der Waals surface area contributed by atoms with Gasteiger partial charge in [-0.25, -0.2) is 0 Å². The molecule has 0 aromatic heterocycles. The standard InChI is InChI=1S/C6H16O3Si.C3H10N2/c1-4-7-10(8-5-2)9-6-3;1-5-3-2-4/h10H,4-6H2,1-3H3;5H,2-4H2,1H3. The minimum Gasteiger partial charge on any atom is -0.376 e. The summed E-state index contributed by atoms with van der Waals surface area (Å²) in [5, 5.41) is 2.89. The van der Waals surface area contributed by atoms with Crippen LogP contribution in [-0.2, 0) is 13.3 Å². The molecule has 15 heavy (non-hydrogen) atoms. The SMILES string of the molecule is CCO[SiH](OCC)OCC.CNCCN. The molecule has 0 atom stereocenters. The van der Waals surface area contributed by atoms with E-state index in [9.17, 15) is 0 Å². The highest BCUT2D eigenvalue weighted by Gasteiger charge is 2.11. The first kappa shape index (κ1) is 17.4. The molecule has 0 aliphatic carbocycles. The van der Waals surface area contributed by atoms with E-state index in [0.29, 0.717) is 19.8 Å². The molecule has 0 aromatic carbocycles. The van der Waals surface area contributed by atoms with E-state index in [4.69, 9.17) is 19.0 Å². The van der Waals surface area contributed by atoms with Gasteiger partial charge in [0.2, 0.25) is 0 Å². The molecule has 5 nitrogen and oxygen atoms in total. The maximum absolute atomic E-state index is 5.22. The number of rotatable bonds is 8. The molecule has 0 fully saturated rings. The van der Waals surface area contributed by atoms with Crippen LogP contribution >= 0.6 is 0 Å². The first-order valence-electron chi connectivity index (χ1n) is 5.46. The van der Waals surface area contributed by atoms with Gasteiger partial charge in [-0.15, -0.1) is 0 Å². The molecule has 3 N–H and O–H groups in total. The average Bonchev–Trinajstić information content (AvgIpc) is 2.21. The van der Waals surface area contributed by atoms with E-state index in [0.717, 1.165) is 13.1 Å². The third kappa shape index (κ3) is 16.7. The van der Waals surface area contributed by atoms with Gasteiger partial charge in [-0.1, -0.05) is 0 Å². The average molecular weight is 238 g/mol. The van der Waals surface area contributed by atoms with Crippen LogP contribution in [-0.4, -0.2) is 49.5 Å². The molecule has 94 valence electrons. The van der Waals surface area contributed by atoms with Crippen LogP contribution < -0.4 is 11.1 Å². The van der Waals surface area contributed by atoms with Gasteiger partial charge >= 0.3 is 9.53 Å². The summed E-state index contributed by atoms with van der Waals surface area (Å²) in [5.74, 6) is 0. The zero-order chi connectivity index (χ0) is 11.9. The lowest BCUT2D eigenvalue weighted by Crippen LogP contribution is -2.27. The molecular weight excluding hydrogens is 212 g/mol. The zero-order valence-corrected chi connectivity index (χ0v) is 11.6. The van der Waals surface area contributed by atoms with Crippen molar-refractivity contribution in [2.45, 2.75) is 20.8 Å². The van der Waals surface area contributed by atoms with E-state index < -0.39 is 9.53 Å². The summed E-state index contributed by atoms with van der Waals surface area (Å²) in [6.07, 6.45) is 0. The Morgan fingerprint density at radius 1 is 1.00 bits per heavy atom. The Balaban J connectivity index is 0. The van der Waals surface area contributed by atoms with Crippen molar-refractivity contribution >= 4 is 9.53 Å². The Morgan fingerprint density at radius 2 is 1.40 bits per heavy atom. The quantitative estimate of drug-likeness (QED) is 0.582. The summed E-state index contributed by atoms with van der Waals surface area (Å²) in [7, 11) is 0.148. The summed E-state index contributed by atoms with van der Waals surface area (Å²) in [6, 6.07) is 0. The van der Waals surface area contributed by atoms with Crippen LogP contribution in [0.5, 0.6) is 0 Å². The number of hydrogen-bond acceptors (Lipinski definition) is 5. The van der Waals surface area contributed by atoms with Crippen molar-refractivity contribution < 1.29 is 13.3 Å². The first-order valence-corrected chi connectivity index (χ1v) is 6.87. The topological polar surface area (TPSA) is 65.7 Å². The molecule has 6 heteroatoms. The molecule has 0 aliphatic rings. The Bertz CT molecular complexity index is 93.1. The van der Waals surface area contributed by atoms with Gasteiger partial charge in [0.1, 0.15) is 0 Å². The van der Waals surface area contributed by atoms with Gasteiger partial charge < -0.3 is 24.3 Å². The molecule has 0 aliphatic heterocycles. The van der Waals surface area contributed by atoms with Crippen molar-refractivity contribution in [2.24, 2.45) is 5.73 Å². The van der Waals surface area contributed by atoms with E-state index in [2.05, 4.69) is 5.32 Å². The van der Waals surface area contributed by atoms with Gasteiger partial charge in [-0.2, -0.15) is 0 Å². The summed E-state index contributed by atoms with van der Waals surface area (Å²) >= 11 is 0. The Morgan fingerprint density at radius 3 is 1.53 bits per heavy atom. The van der Waals surface area contributed by atoms with Crippen LogP contribution in [0.4, 0.5) is 0 Å². The lowest BCUT2D eigenvalue weighted by Gasteiger charge is -2.12. The number of nitrogens with two attached hydrogens (primary N) is 1. The second kappa shape index (κ2) is 16.4. The van der Waals surface area contributed by atoms with Gasteiger partial charge in [0.25, 0.3) is 0 Å². The Kier molecular flexibility index (Phi) is 19.1. The van der Waals surface area contributed by atoms with E-state index in [1.807, 2.05) is 27.8 Å². The third-order valence-electron chi connectivity index (χ3n) is 1.30. The lowest BCUT2D eigenvalue weighted by atomic mass is 10.7. The van der Waals surface area contributed by atoms with E-state index >= 15 is 0 Å². The molecule has 0 heterocycles. The minimum absolute atomic E-state index is 0.677. The Labute approximate surface area is 95.2 Å². The normalized spacial score (nSPS) is 10.0. The summed E-state index contributed by atoms with van der Waals surface area (Å²) in [5.41, 5.74) is 5.08. The van der Waals surface area contributed by atoms with E-state index in [-0.39, 0.29) is 0 Å². The van der Waals surface area contributed by atoms with Gasteiger partial charge in [0, 0.05) is 32.9 Å². The minimum atomic E-state index is -1.73. The van der Waals surface area contributed by atoms with E-state index in [1.165, 1.54) is 0 Å². The molecule has 0 saturated carbocycles. The summed E-state index contributed by atoms with van der Waals surface area (Å²) < 4.78 is 15.7. The van der Waals surface area contributed by atoms with Crippen LogP contribution in [0.25, 0.3) is 0 Å². The monoisotopic (exact) mass is 238 g/mol. The van der Waals surface area contributed by atoms with E-state index in [1.54, 1.807) is 0 Å². The van der Waals surface area contributed by atoms with Crippen LogP contribution in [0.2, 0.25) is 0 Å². The molecule has 0 amide bonds. The molecule has 0 bridgehead atoms. The first-order chi connectivity index (χ1) is 7.26. The van der Waals surface area contributed by atoms with Gasteiger partial charge in [-0.05, 0) is 27.8 Å². The highest BCUT2D eigenvalue weighted by molar-refractivity contribution is 6.36. The van der Waals surface area contributed by atoms with Crippen LogP contribution in [0.15, 0.2) is 0 Å². The second-order valence-electron chi connectivity index (χ2n) is 2.55. The summed E-state index contributed by atoms with van der Waals surface area (Å²) in [6.45, 7) is 9.51. The van der Waals surface area contributed by atoms with Crippen LogP contribution in [0, 0.1) is 0 Å². The van der Waals surface area contributed by atoms with Crippen LogP contribution in [0.3, 0.4) is 0 Å². The van der Waals surface area contributed by atoms with Crippen molar-refractivity contribution in [2.75, 3.05) is 40.0 Å². The van der Waals surface area contributed by atoms with Crippen molar-refractivity contribution in [3.05, 3.63) is 0 Å². The molecule has 0 aromatic rings. The zero-order valence-electron chi connectivity index (χ0n) is 10.4. The molecule has 0 spiro atoms. The third-order valence-corrected chi connectivity index (χ3v) is 3.12. The highest BCUT2D eigenvalue weighted by atomic mass is 28.3. The Hall–Kier alpha value is 0.0169. The van der Waals surface area contributed by atoms with Gasteiger partial charge in [-0.3, -0.25) is 0 Å². The molecule has 0 saturated heterocycles. The maximum Gasteiger partial charge on any atom is 0.484 e. The molecule has 0 rings (SSSR count). The van der Waals surface area contributed by atoms with Crippen molar-refractivity contribution in [3.8, 4) is 0 Å². The molecule has 0 radical (unpaired) electrons. The van der Waals surface area contributed by atoms with Crippen molar-refractivity contribution in [1.82, 2.24) is 5.32 Å². The molecule has 0 unspecified atom stereocenters. The largest absolute Gasteiger partial charge is 0.484 e.